The molecule has 0 radical (unpaired) electrons. The molecule has 3 rings (SSSR count). The van der Waals surface area contributed by atoms with Crippen LogP contribution in [-0.2, 0) is 4.79 Å². The van der Waals surface area contributed by atoms with Crippen molar-refractivity contribution in [2.24, 2.45) is 5.92 Å². The van der Waals surface area contributed by atoms with Gasteiger partial charge in [0.25, 0.3) is 0 Å². The van der Waals surface area contributed by atoms with E-state index in [0.717, 1.165) is 24.5 Å². The summed E-state index contributed by atoms with van der Waals surface area (Å²) in [5, 5.41) is 10.4. The molecule has 2 aromatic heterocycles. The molecular weight excluding hydrogens is 304 g/mol. The zero-order valence-corrected chi connectivity index (χ0v) is 14.0. The second kappa shape index (κ2) is 7.90. The number of anilines is 1. The third-order valence-electron chi connectivity index (χ3n) is 4.27. The lowest BCUT2D eigenvalue weighted by Crippen LogP contribution is -2.35. The number of carbonyl (C=O) groups excluding carboxylic acids is 1. The summed E-state index contributed by atoms with van der Waals surface area (Å²) in [6, 6.07) is 3.70. The molecule has 2 aromatic rings. The summed E-state index contributed by atoms with van der Waals surface area (Å²) in [5.74, 6) is 2.52. The Hall–Kier alpha value is -2.44. The van der Waals surface area contributed by atoms with Crippen LogP contribution in [0.4, 0.5) is 5.82 Å². The van der Waals surface area contributed by atoms with E-state index in [4.69, 9.17) is 0 Å². The summed E-state index contributed by atoms with van der Waals surface area (Å²) in [6.45, 7) is 3.08. The highest BCUT2D eigenvalue weighted by Crippen LogP contribution is 2.23. The van der Waals surface area contributed by atoms with Gasteiger partial charge in [-0.05, 0) is 25.8 Å². The van der Waals surface area contributed by atoms with Gasteiger partial charge in [-0.15, -0.1) is 0 Å². The average Bonchev–Trinajstić information content (AvgIpc) is 3.13. The highest BCUT2D eigenvalue weighted by molar-refractivity contribution is 5.78. The van der Waals surface area contributed by atoms with Gasteiger partial charge in [0.2, 0.25) is 5.91 Å². The molecule has 1 aliphatic carbocycles. The zero-order valence-electron chi connectivity index (χ0n) is 14.0. The van der Waals surface area contributed by atoms with Gasteiger partial charge < -0.3 is 10.6 Å². The first-order valence-corrected chi connectivity index (χ1v) is 8.59. The van der Waals surface area contributed by atoms with Crippen molar-refractivity contribution in [3.63, 3.8) is 0 Å². The SMILES string of the molecule is Cc1nc(NCCNC(=O)C2CCCCC2)cc(-n2cccn2)n1. The van der Waals surface area contributed by atoms with E-state index < -0.39 is 0 Å². The van der Waals surface area contributed by atoms with Gasteiger partial charge in [-0.3, -0.25) is 4.79 Å². The molecule has 0 atom stereocenters. The standard InChI is InChI=1S/C17H24N6O/c1-13-21-15(12-16(22-13)23-11-5-8-20-23)18-9-10-19-17(24)14-6-3-2-4-7-14/h5,8,11-12,14H,2-4,6-7,9-10H2,1H3,(H,19,24)(H,18,21,22). The lowest BCUT2D eigenvalue weighted by molar-refractivity contribution is -0.125. The lowest BCUT2D eigenvalue weighted by atomic mass is 9.89. The van der Waals surface area contributed by atoms with Crippen LogP contribution in [0.5, 0.6) is 0 Å². The van der Waals surface area contributed by atoms with E-state index >= 15 is 0 Å². The molecule has 0 saturated heterocycles. The van der Waals surface area contributed by atoms with Gasteiger partial charge in [0.05, 0.1) is 0 Å². The number of amides is 1. The molecule has 7 nitrogen and oxygen atoms in total. The molecule has 128 valence electrons. The first kappa shape index (κ1) is 16.4. The fraction of sp³-hybridized carbons (Fsp3) is 0.529. The van der Waals surface area contributed by atoms with Crippen molar-refractivity contribution in [1.29, 1.82) is 0 Å². The summed E-state index contributed by atoms with van der Waals surface area (Å²) in [7, 11) is 0. The normalized spacial score (nSPS) is 15.2. The van der Waals surface area contributed by atoms with E-state index in [9.17, 15) is 4.79 Å². The Balaban J connectivity index is 1.49. The van der Waals surface area contributed by atoms with E-state index in [1.54, 1.807) is 10.9 Å². The summed E-state index contributed by atoms with van der Waals surface area (Å²) in [4.78, 5) is 20.8. The van der Waals surface area contributed by atoms with Crippen molar-refractivity contribution < 1.29 is 4.79 Å². The number of nitrogens with one attached hydrogen (secondary N) is 2. The zero-order chi connectivity index (χ0) is 16.8. The molecule has 2 heterocycles. The monoisotopic (exact) mass is 328 g/mol. The van der Waals surface area contributed by atoms with Crippen LogP contribution in [0, 0.1) is 12.8 Å². The van der Waals surface area contributed by atoms with E-state index in [0.29, 0.717) is 18.9 Å². The van der Waals surface area contributed by atoms with Crippen molar-refractivity contribution in [3.05, 3.63) is 30.4 Å². The predicted molar refractivity (Wildman–Crippen MR) is 92.0 cm³/mol. The molecule has 0 spiro atoms. The molecule has 0 aliphatic heterocycles. The molecule has 24 heavy (non-hydrogen) atoms. The predicted octanol–water partition coefficient (Wildman–Crippen LogP) is 2.08. The van der Waals surface area contributed by atoms with Gasteiger partial charge in [-0.25, -0.2) is 14.6 Å². The minimum absolute atomic E-state index is 0.188. The number of hydrogen-bond acceptors (Lipinski definition) is 5. The molecule has 1 amide bonds. The number of carbonyl (C=O) groups is 1. The number of aromatic nitrogens is 4. The van der Waals surface area contributed by atoms with Crippen LogP contribution in [0.3, 0.4) is 0 Å². The summed E-state index contributed by atoms with van der Waals surface area (Å²) < 4.78 is 1.70. The first-order chi connectivity index (χ1) is 11.7. The van der Waals surface area contributed by atoms with E-state index in [2.05, 4.69) is 25.7 Å². The molecule has 0 aromatic carbocycles. The third-order valence-corrected chi connectivity index (χ3v) is 4.27. The van der Waals surface area contributed by atoms with E-state index in [1.165, 1.54) is 19.3 Å². The quantitative estimate of drug-likeness (QED) is 0.793. The van der Waals surface area contributed by atoms with E-state index in [1.807, 2.05) is 25.3 Å². The first-order valence-electron chi connectivity index (χ1n) is 8.59. The van der Waals surface area contributed by atoms with Gasteiger partial charge >= 0.3 is 0 Å². The molecule has 1 fully saturated rings. The summed E-state index contributed by atoms with van der Waals surface area (Å²) in [5.41, 5.74) is 0. The number of rotatable bonds is 6. The van der Waals surface area contributed by atoms with Crippen LogP contribution < -0.4 is 10.6 Å². The third kappa shape index (κ3) is 4.31. The van der Waals surface area contributed by atoms with Gasteiger partial charge in [-0.1, -0.05) is 19.3 Å². The van der Waals surface area contributed by atoms with Crippen molar-refractivity contribution in [3.8, 4) is 5.82 Å². The molecule has 1 saturated carbocycles. The molecule has 0 bridgehead atoms. The lowest BCUT2D eigenvalue weighted by Gasteiger charge is -2.20. The summed E-state index contributed by atoms with van der Waals surface area (Å²) >= 11 is 0. The Bertz CT molecular complexity index is 664. The molecule has 2 N–H and O–H groups in total. The fourth-order valence-electron chi connectivity index (χ4n) is 3.05. The Morgan fingerprint density at radius 1 is 1.25 bits per heavy atom. The Kier molecular flexibility index (Phi) is 5.40. The highest BCUT2D eigenvalue weighted by atomic mass is 16.1. The molecular formula is C17H24N6O. The minimum Gasteiger partial charge on any atom is -0.368 e. The van der Waals surface area contributed by atoms with Crippen LogP contribution in [0.25, 0.3) is 5.82 Å². The van der Waals surface area contributed by atoms with E-state index in [-0.39, 0.29) is 11.8 Å². The largest absolute Gasteiger partial charge is 0.368 e. The highest BCUT2D eigenvalue weighted by Gasteiger charge is 2.20. The topological polar surface area (TPSA) is 84.7 Å². The maximum Gasteiger partial charge on any atom is 0.223 e. The van der Waals surface area contributed by atoms with Crippen LogP contribution in [0.15, 0.2) is 24.5 Å². The van der Waals surface area contributed by atoms with Crippen LogP contribution in [0.1, 0.15) is 37.9 Å². The number of hydrogen-bond donors (Lipinski definition) is 2. The smallest absolute Gasteiger partial charge is 0.223 e. The minimum atomic E-state index is 0.188. The van der Waals surface area contributed by atoms with Gasteiger partial charge in [0.15, 0.2) is 5.82 Å². The maximum atomic E-state index is 12.1. The second-order valence-electron chi connectivity index (χ2n) is 6.16. The molecule has 1 aliphatic rings. The number of nitrogens with zero attached hydrogens (tertiary/aromatic N) is 4. The van der Waals surface area contributed by atoms with Crippen molar-refractivity contribution in [2.45, 2.75) is 39.0 Å². The summed E-state index contributed by atoms with van der Waals surface area (Å²) in [6.07, 6.45) is 9.22. The van der Waals surface area contributed by atoms with Gasteiger partial charge in [-0.2, -0.15) is 5.10 Å². The average molecular weight is 328 g/mol. The second-order valence-corrected chi connectivity index (χ2v) is 6.16. The Labute approximate surface area is 141 Å². The molecule has 0 unspecified atom stereocenters. The van der Waals surface area contributed by atoms with Crippen LogP contribution in [-0.4, -0.2) is 38.7 Å². The maximum absolute atomic E-state index is 12.1. The Morgan fingerprint density at radius 3 is 2.83 bits per heavy atom. The fourth-order valence-corrected chi connectivity index (χ4v) is 3.05. The molecule has 7 heteroatoms. The van der Waals surface area contributed by atoms with Crippen molar-refractivity contribution in [1.82, 2.24) is 25.1 Å². The van der Waals surface area contributed by atoms with Gasteiger partial charge in [0.1, 0.15) is 11.6 Å². The number of aryl methyl sites for hydroxylation is 1. The van der Waals surface area contributed by atoms with Crippen LogP contribution >= 0.6 is 0 Å². The Morgan fingerprint density at radius 2 is 2.08 bits per heavy atom. The van der Waals surface area contributed by atoms with Crippen molar-refractivity contribution >= 4 is 11.7 Å². The van der Waals surface area contributed by atoms with Crippen molar-refractivity contribution in [2.75, 3.05) is 18.4 Å². The van der Waals surface area contributed by atoms with Gasteiger partial charge in [0, 0.05) is 37.5 Å². The van der Waals surface area contributed by atoms with Crippen LogP contribution in [0.2, 0.25) is 0 Å².